The molecule has 1 unspecified atom stereocenters. The molecule has 0 saturated carbocycles. The summed E-state index contributed by atoms with van der Waals surface area (Å²) in [7, 11) is 0. The second kappa shape index (κ2) is 16.2. The van der Waals surface area contributed by atoms with Crippen LogP contribution < -0.4 is 9.47 Å². The van der Waals surface area contributed by atoms with Gasteiger partial charge in [-0.1, -0.05) is 99.6 Å². The average Bonchev–Trinajstić information content (AvgIpc) is 3.63. The van der Waals surface area contributed by atoms with Crippen LogP contribution in [0.5, 0.6) is 11.5 Å². The number of carboxylic acids is 1. The summed E-state index contributed by atoms with van der Waals surface area (Å²) in [6.45, 7) is 11.6. The van der Waals surface area contributed by atoms with Crippen molar-refractivity contribution >= 4 is 12.2 Å². The van der Waals surface area contributed by atoms with Gasteiger partial charge in [0.25, 0.3) is 0 Å². The van der Waals surface area contributed by atoms with Gasteiger partial charge in [-0.2, -0.15) is 0 Å². The molecule has 1 atom stereocenters. The van der Waals surface area contributed by atoms with Crippen LogP contribution in [0, 0.1) is 0 Å². The second-order valence-electron chi connectivity index (χ2n) is 13.0. The first kappa shape index (κ1) is 34.9. The van der Waals surface area contributed by atoms with E-state index in [0.29, 0.717) is 38.7 Å². The van der Waals surface area contributed by atoms with Crippen LogP contribution in [0.2, 0.25) is 0 Å². The first-order valence-corrected chi connectivity index (χ1v) is 17.3. The molecule has 260 valence electrons. The molecule has 10 nitrogen and oxygen atoms in total. The Morgan fingerprint density at radius 3 is 2.14 bits per heavy atom. The van der Waals surface area contributed by atoms with Crippen LogP contribution in [0.15, 0.2) is 106 Å². The quantitative estimate of drug-likeness (QED) is 0.139. The van der Waals surface area contributed by atoms with Crippen LogP contribution in [-0.4, -0.2) is 65.7 Å². The normalized spacial score (nSPS) is 17.5. The number of hydrogen-bond donors (Lipinski definition) is 1. The minimum Gasteiger partial charge on any atom is -0.488 e. The third kappa shape index (κ3) is 8.27. The van der Waals surface area contributed by atoms with Crippen LogP contribution in [0.1, 0.15) is 54.5 Å². The van der Waals surface area contributed by atoms with Gasteiger partial charge in [0, 0.05) is 44.2 Å². The van der Waals surface area contributed by atoms with Gasteiger partial charge in [-0.15, -0.1) is 10.2 Å². The average molecular weight is 676 g/mol. The maximum Gasteiger partial charge on any atom is 0.339 e. The molecule has 10 heteroatoms. The van der Waals surface area contributed by atoms with E-state index in [0.717, 1.165) is 64.3 Å². The smallest absolute Gasteiger partial charge is 0.339 e. The van der Waals surface area contributed by atoms with E-state index >= 15 is 0 Å². The van der Waals surface area contributed by atoms with Crippen LogP contribution in [0.4, 0.5) is 0 Å². The standard InChI is InChI=1S/C40H45N5O5/c1-4-44(45-17-19-48-20-18-45)25-33-16-15-32(21-34(33)24-40(39(46)47)28-41-43-42-40)36-22-35(29(2)3)37(49-26-30-11-7-5-8-12-30)23-38(36)50-27-31-13-9-6-10-14-31/h5-16,21-23,28-29H,4,17-20,24-27H2,1-3H3,(H,46,47). The predicted molar refractivity (Wildman–Crippen MR) is 193 cm³/mol. The topological polar surface area (TPSA) is 109 Å². The van der Waals surface area contributed by atoms with E-state index in [9.17, 15) is 9.90 Å². The molecule has 2 heterocycles. The monoisotopic (exact) mass is 675 g/mol. The molecule has 0 spiro atoms. The molecule has 1 N–H and O–H groups in total. The highest BCUT2D eigenvalue weighted by Crippen LogP contribution is 2.41. The van der Waals surface area contributed by atoms with E-state index in [4.69, 9.17) is 14.2 Å². The van der Waals surface area contributed by atoms with Crippen molar-refractivity contribution in [3.05, 3.63) is 119 Å². The lowest BCUT2D eigenvalue weighted by Gasteiger charge is -2.37. The lowest BCUT2D eigenvalue weighted by atomic mass is 9.87. The first-order chi connectivity index (χ1) is 24.3. The van der Waals surface area contributed by atoms with Crippen LogP contribution >= 0.6 is 0 Å². The molecule has 2 aliphatic rings. The molecule has 0 aliphatic carbocycles. The van der Waals surface area contributed by atoms with Crippen molar-refractivity contribution in [2.24, 2.45) is 15.4 Å². The Balaban J connectivity index is 1.42. The number of nitrogens with zero attached hydrogens (tertiary/aromatic N) is 5. The molecule has 0 amide bonds. The zero-order chi connectivity index (χ0) is 34.9. The summed E-state index contributed by atoms with van der Waals surface area (Å²) in [6.07, 6.45) is 1.43. The van der Waals surface area contributed by atoms with Crippen molar-refractivity contribution in [2.45, 2.75) is 58.4 Å². The Bertz CT molecular complexity index is 1790. The second-order valence-corrected chi connectivity index (χ2v) is 13.0. The summed E-state index contributed by atoms with van der Waals surface area (Å²) in [6, 6.07) is 30.6. The molecule has 1 saturated heterocycles. The Kier molecular flexibility index (Phi) is 11.3. The Hall–Kier alpha value is -4.90. The van der Waals surface area contributed by atoms with Gasteiger partial charge in [-0.3, -0.25) is 0 Å². The van der Waals surface area contributed by atoms with Crippen molar-refractivity contribution in [1.29, 1.82) is 0 Å². The molecular formula is C40H45N5O5. The highest BCUT2D eigenvalue weighted by Gasteiger charge is 2.41. The summed E-state index contributed by atoms with van der Waals surface area (Å²) in [4.78, 5) is 12.6. The summed E-state index contributed by atoms with van der Waals surface area (Å²) in [5, 5.41) is 26.6. The predicted octanol–water partition coefficient (Wildman–Crippen LogP) is 7.52. The van der Waals surface area contributed by atoms with E-state index in [1.165, 1.54) is 6.21 Å². The first-order valence-electron chi connectivity index (χ1n) is 17.3. The molecule has 0 aromatic heterocycles. The molecule has 4 aromatic rings. The van der Waals surface area contributed by atoms with Gasteiger partial charge in [-0.05, 0) is 50.6 Å². The maximum atomic E-state index is 12.6. The lowest BCUT2D eigenvalue weighted by molar-refractivity contribution is -0.140. The van der Waals surface area contributed by atoms with Crippen molar-refractivity contribution in [1.82, 2.24) is 10.0 Å². The Morgan fingerprint density at radius 1 is 0.900 bits per heavy atom. The molecule has 6 rings (SSSR count). The number of aliphatic carboxylic acids is 1. The number of carbonyl (C=O) groups is 1. The minimum absolute atomic E-state index is 0.106. The van der Waals surface area contributed by atoms with E-state index in [-0.39, 0.29) is 12.3 Å². The highest BCUT2D eigenvalue weighted by atomic mass is 16.5. The van der Waals surface area contributed by atoms with Gasteiger partial charge in [0.05, 0.1) is 19.4 Å². The molecule has 0 bridgehead atoms. The molecule has 50 heavy (non-hydrogen) atoms. The van der Waals surface area contributed by atoms with Gasteiger partial charge in [0.1, 0.15) is 24.7 Å². The third-order valence-electron chi connectivity index (χ3n) is 9.21. The lowest BCUT2D eigenvalue weighted by Crippen LogP contribution is -2.48. The molecule has 0 radical (unpaired) electrons. The number of benzene rings is 4. The van der Waals surface area contributed by atoms with Crippen molar-refractivity contribution in [3.63, 3.8) is 0 Å². The largest absolute Gasteiger partial charge is 0.488 e. The number of rotatable bonds is 15. The Labute approximate surface area is 294 Å². The fourth-order valence-electron chi connectivity index (χ4n) is 6.32. The highest BCUT2D eigenvalue weighted by molar-refractivity contribution is 6.00. The maximum absolute atomic E-state index is 12.6. The van der Waals surface area contributed by atoms with Gasteiger partial charge in [-0.25, -0.2) is 14.8 Å². The van der Waals surface area contributed by atoms with Gasteiger partial charge < -0.3 is 19.3 Å². The van der Waals surface area contributed by atoms with Crippen molar-refractivity contribution in [3.8, 4) is 22.6 Å². The number of hydrazine groups is 1. The van der Waals surface area contributed by atoms with E-state index < -0.39 is 11.5 Å². The number of hydrogen-bond acceptors (Lipinski definition) is 9. The summed E-state index contributed by atoms with van der Waals surface area (Å²) in [5.74, 6) is 0.523. The van der Waals surface area contributed by atoms with Gasteiger partial charge >= 0.3 is 5.97 Å². The fourth-order valence-corrected chi connectivity index (χ4v) is 6.32. The summed E-state index contributed by atoms with van der Waals surface area (Å²) >= 11 is 0. The number of ether oxygens (including phenoxy) is 3. The SMILES string of the molecule is CCN(Cc1ccc(-c2cc(C(C)C)c(OCc3ccccc3)cc2OCc2ccccc2)cc1CC1(C(=O)O)C=NN=N1)N1CCOCC1. The molecule has 2 aliphatic heterocycles. The van der Waals surface area contributed by atoms with Crippen molar-refractivity contribution < 1.29 is 24.1 Å². The zero-order valence-electron chi connectivity index (χ0n) is 29.0. The van der Waals surface area contributed by atoms with Crippen LogP contribution in [0.3, 0.4) is 0 Å². The van der Waals surface area contributed by atoms with Crippen molar-refractivity contribution in [2.75, 3.05) is 32.8 Å². The number of carboxylic acid groups (broad SMARTS) is 1. The van der Waals surface area contributed by atoms with Crippen LogP contribution in [-0.2, 0) is 35.7 Å². The fraction of sp³-hybridized carbons (Fsp3) is 0.350. The van der Waals surface area contributed by atoms with E-state index in [1.807, 2.05) is 54.6 Å². The van der Waals surface area contributed by atoms with Gasteiger partial charge in [0.2, 0.25) is 5.54 Å². The molecule has 1 fully saturated rings. The van der Waals surface area contributed by atoms with E-state index in [1.54, 1.807) is 0 Å². The molecule has 4 aromatic carbocycles. The third-order valence-corrected chi connectivity index (χ3v) is 9.21. The van der Waals surface area contributed by atoms with Gasteiger partial charge in [0.15, 0.2) is 0 Å². The minimum atomic E-state index is -1.58. The van der Waals surface area contributed by atoms with Crippen LogP contribution in [0.25, 0.3) is 11.1 Å². The summed E-state index contributed by atoms with van der Waals surface area (Å²) in [5.41, 5.74) is 5.28. The van der Waals surface area contributed by atoms with E-state index in [2.05, 4.69) is 82.6 Å². The number of morpholine rings is 1. The molecular weight excluding hydrogens is 630 g/mol. The Morgan fingerprint density at radius 2 is 1.56 bits per heavy atom. The zero-order valence-corrected chi connectivity index (χ0v) is 29.0. The summed E-state index contributed by atoms with van der Waals surface area (Å²) < 4.78 is 18.6.